The Bertz CT molecular complexity index is 602. The molecule has 20 heavy (non-hydrogen) atoms. The van der Waals surface area contributed by atoms with Crippen LogP contribution in [0.15, 0.2) is 36.4 Å². The van der Waals surface area contributed by atoms with Gasteiger partial charge in [0.25, 0.3) is 0 Å². The van der Waals surface area contributed by atoms with Gasteiger partial charge in [-0.3, -0.25) is 0 Å². The van der Waals surface area contributed by atoms with Gasteiger partial charge in [-0.1, -0.05) is 35.9 Å². The zero-order valence-electron chi connectivity index (χ0n) is 12.7. The van der Waals surface area contributed by atoms with Crippen LogP contribution in [0.3, 0.4) is 0 Å². The zero-order chi connectivity index (χ0) is 14.7. The largest absolute Gasteiger partial charge is 0.489 e. The standard InChI is InChI=1S/C18H23NO/c1-12-5-6-13(2)17(9-12)11-20-18-8-7-16(15(4)19)10-14(18)3/h5-10,15H,11,19H2,1-4H3/t15-/m1/s1. The molecule has 0 spiro atoms. The van der Waals surface area contributed by atoms with Crippen LogP contribution in [0.5, 0.6) is 5.75 Å². The van der Waals surface area contributed by atoms with Crippen molar-refractivity contribution < 1.29 is 4.74 Å². The van der Waals surface area contributed by atoms with Gasteiger partial charge in [0, 0.05) is 6.04 Å². The monoisotopic (exact) mass is 269 g/mol. The Morgan fingerprint density at radius 2 is 1.75 bits per heavy atom. The third-order valence-corrected chi connectivity index (χ3v) is 3.61. The summed E-state index contributed by atoms with van der Waals surface area (Å²) in [6, 6.07) is 12.7. The molecule has 0 heterocycles. The molecule has 2 aromatic carbocycles. The van der Waals surface area contributed by atoms with Crippen molar-refractivity contribution in [3.05, 3.63) is 64.2 Å². The number of aryl methyl sites for hydroxylation is 3. The Morgan fingerprint density at radius 1 is 1.00 bits per heavy atom. The fourth-order valence-corrected chi connectivity index (χ4v) is 2.23. The van der Waals surface area contributed by atoms with Crippen molar-refractivity contribution in [2.75, 3.05) is 0 Å². The van der Waals surface area contributed by atoms with Gasteiger partial charge in [-0.15, -0.1) is 0 Å². The van der Waals surface area contributed by atoms with E-state index in [2.05, 4.69) is 45.0 Å². The lowest BCUT2D eigenvalue weighted by atomic mass is 10.1. The molecule has 106 valence electrons. The molecule has 0 aromatic heterocycles. The molecule has 2 rings (SSSR count). The number of benzene rings is 2. The zero-order valence-corrected chi connectivity index (χ0v) is 12.7. The van der Waals surface area contributed by atoms with Gasteiger partial charge in [0.2, 0.25) is 0 Å². The lowest BCUT2D eigenvalue weighted by Gasteiger charge is -2.13. The minimum Gasteiger partial charge on any atom is -0.489 e. The highest BCUT2D eigenvalue weighted by Gasteiger charge is 2.06. The van der Waals surface area contributed by atoms with Gasteiger partial charge in [0.05, 0.1) is 0 Å². The summed E-state index contributed by atoms with van der Waals surface area (Å²) in [5, 5.41) is 0. The van der Waals surface area contributed by atoms with E-state index in [1.54, 1.807) is 0 Å². The van der Waals surface area contributed by atoms with E-state index in [0.717, 1.165) is 16.9 Å². The molecule has 0 aliphatic carbocycles. The molecule has 0 aliphatic heterocycles. The summed E-state index contributed by atoms with van der Waals surface area (Å²) in [7, 11) is 0. The van der Waals surface area contributed by atoms with Gasteiger partial charge >= 0.3 is 0 Å². The molecule has 0 amide bonds. The predicted octanol–water partition coefficient (Wildman–Crippen LogP) is 4.21. The Hall–Kier alpha value is -1.80. The van der Waals surface area contributed by atoms with Crippen molar-refractivity contribution in [1.82, 2.24) is 0 Å². The number of rotatable bonds is 4. The summed E-state index contributed by atoms with van der Waals surface area (Å²) < 4.78 is 5.95. The van der Waals surface area contributed by atoms with Crippen molar-refractivity contribution >= 4 is 0 Å². The number of ether oxygens (including phenoxy) is 1. The van der Waals surface area contributed by atoms with E-state index in [4.69, 9.17) is 10.5 Å². The molecule has 2 heteroatoms. The maximum atomic E-state index is 5.95. The Labute approximate surface area is 121 Å². The predicted molar refractivity (Wildman–Crippen MR) is 84.0 cm³/mol. The van der Waals surface area contributed by atoms with Gasteiger partial charge in [-0.25, -0.2) is 0 Å². The minimum absolute atomic E-state index is 0.0572. The van der Waals surface area contributed by atoms with Crippen LogP contribution in [0.4, 0.5) is 0 Å². The average molecular weight is 269 g/mol. The van der Waals surface area contributed by atoms with E-state index in [1.165, 1.54) is 16.7 Å². The van der Waals surface area contributed by atoms with Crippen LogP contribution < -0.4 is 10.5 Å². The first-order valence-electron chi connectivity index (χ1n) is 7.02. The number of hydrogen-bond donors (Lipinski definition) is 1. The van der Waals surface area contributed by atoms with Crippen LogP contribution in [-0.4, -0.2) is 0 Å². The highest BCUT2D eigenvalue weighted by Crippen LogP contribution is 2.23. The fraction of sp³-hybridized carbons (Fsp3) is 0.333. The van der Waals surface area contributed by atoms with Crippen molar-refractivity contribution in [2.45, 2.75) is 40.3 Å². The van der Waals surface area contributed by atoms with Crippen LogP contribution in [0, 0.1) is 20.8 Å². The summed E-state index contributed by atoms with van der Waals surface area (Å²) in [6.45, 7) is 8.87. The lowest BCUT2D eigenvalue weighted by molar-refractivity contribution is 0.303. The van der Waals surface area contributed by atoms with Crippen LogP contribution in [0.25, 0.3) is 0 Å². The van der Waals surface area contributed by atoms with Crippen molar-refractivity contribution in [2.24, 2.45) is 5.73 Å². The van der Waals surface area contributed by atoms with Crippen molar-refractivity contribution in [3.63, 3.8) is 0 Å². The first-order chi connectivity index (χ1) is 9.47. The first-order valence-corrected chi connectivity index (χ1v) is 7.02. The van der Waals surface area contributed by atoms with Crippen LogP contribution in [-0.2, 0) is 6.61 Å². The summed E-state index contributed by atoms with van der Waals surface area (Å²) in [4.78, 5) is 0. The SMILES string of the molecule is Cc1ccc(C)c(COc2ccc([C@@H](C)N)cc2C)c1. The van der Waals surface area contributed by atoms with Crippen LogP contribution in [0.1, 0.15) is 40.8 Å². The van der Waals surface area contributed by atoms with Crippen molar-refractivity contribution in [1.29, 1.82) is 0 Å². The van der Waals surface area contributed by atoms with E-state index >= 15 is 0 Å². The van der Waals surface area contributed by atoms with E-state index in [9.17, 15) is 0 Å². The molecule has 0 radical (unpaired) electrons. The third kappa shape index (κ3) is 3.40. The van der Waals surface area contributed by atoms with Gasteiger partial charge in [0.1, 0.15) is 12.4 Å². The fourth-order valence-electron chi connectivity index (χ4n) is 2.23. The maximum absolute atomic E-state index is 5.95. The summed E-state index contributed by atoms with van der Waals surface area (Å²) in [6.07, 6.45) is 0. The molecule has 0 saturated heterocycles. The second kappa shape index (κ2) is 6.10. The molecule has 2 aromatic rings. The average Bonchev–Trinajstić information content (AvgIpc) is 2.40. The molecule has 2 N–H and O–H groups in total. The highest BCUT2D eigenvalue weighted by molar-refractivity contribution is 5.38. The lowest BCUT2D eigenvalue weighted by Crippen LogP contribution is -2.06. The molecular weight excluding hydrogens is 246 g/mol. The number of nitrogens with two attached hydrogens (primary N) is 1. The molecule has 0 fully saturated rings. The summed E-state index contributed by atoms with van der Waals surface area (Å²) in [5.41, 5.74) is 11.9. The summed E-state index contributed by atoms with van der Waals surface area (Å²) >= 11 is 0. The molecule has 0 bridgehead atoms. The normalized spacial score (nSPS) is 12.2. The Morgan fingerprint density at radius 3 is 2.40 bits per heavy atom. The van der Waals surface area contributed by atoms with E-state index in [-0.39, 0.29) is 6.04 Å². The quantitative estimate of drug-likeness (QED) is 0.902. The van der Waals surface area contributed by atoms with Gasteiger partial charge in [-0.05, 0) is 56.0 Å². The first kappa shape index (κ1) is 14.6. The van der Waals surface area contributed by atoms with Crippen LogP contribution >= 0.6 is 0 Å². The number of hydrogen-bond acceptors (Lipinski definition) is 2. The molecule has 1 atom stereocenters. The van der Waals surface area contributed by atoms with Gasteiger partial charge in [0.15, 0.2) is 0 Å². The molecule has 0 saturated carbocycles. The Balaban J connectivity index is 2.13. The second-order valence-electron chi connectivity index (χ2n) is 5.53. The van der Waals surface area contributed by atoms with Gasteiger partial charge < -0.3 is 10.5 Å². The Kier molecular flexibility index (Phi) is 4.46. The second-order valence-corrected chi connectivity index (χ2v) is 5.53. The van der Waals surface area contributed by atoms with Crippen LogP contribution in [0.2, 0.25) is 0 Å². The summed E-state index contributed by atoms with van der Waals surface area (Å²) in [5.74, 6) is 0.926. The third-order valence-electron chi connectivity index (χ3n) is 3.61. The molecule has 0 aliphatic rings. The van der Waals surface area contributed by atoms with E-state index < -0.39 is 0 Å². The highest BCUT2D eigenvalue weighted by atomic mass is 16.5. The molecule has 2 nitrogen and oxygen atoms in total. The minimum atomic E-state index is 0.0572. The molecular formula is C18H23NO. The molecule has 0 unspecified atom stereocenters. The maximum Gasteiger partial charge on any atom is 0.122 e. The van der Waals surface area contributed by atoms with E-state index in [1.807, 2.05) is 19.1 Å². The smallest absolute Gasteiger partial charge is 0.122 e. The van der Waals surface area contributed by atoms with E-state index in [0.29, 0.717) is 6.61 Å². The topological polar surface area (TPSA) is 35.2 Å². The van der Waals surface area contributed by atoms with Gasteiger partial charge in [-0.2, -0.15) is 0 Å². The van der Waals surface area contributed by atoms with Crippen molar-refractivity contribution in [3.8, 4) is 5.75 Å².